The highest BCUT2D eigenvalue weighted by Gasteiger charge is 2.43. The van der Waals surface area contributed by atoms with Crippen LogP contribution >= 0.6 is 35.1 Å². The molecule has 28 heavy (non-hydrogen) atoms. The number of aromatic nitrogens is 5. The summed E-state index contributed by atoms with van der Waals surface area (Å²) in [6.07, 6.45) is 0. The number of aryl methyl sites for hydroxylation is 1. The monoisotopic (exact) mass is 430 g/mol. The van der Waals surface area contributed by atoms with Gasteiger partial charge in [0, 0.05) is 16.4 Å². The van der Waals surface area contributed by atoms with Crippen LogP contribution in [0.25, 0.3) is 5.69 Å². The van der Waals surface area contributed by atoms with Gasteiger partial charge in [-0.25, -0.2) is 9.36 Å². The number of thioether (sulfide) groups is 2. The van der Waals surface area contributed by atoms with E-state index in [1.165, 1.54) is 0 Å². The minimum absolute atomic E-state index is 0.00851. The molecule has 0 saturated carbocycles. The van der Waals surface area contributed by atoms with Crippen molar-refractivity contribution in [3.05, 3.63) is 63.0 Å². The summed E-state index contributed by atoms with van der Waals surface area (Å²) < 4.78 is 3.95. The predicted molar refractivity (Wildman–Crippen MR) is 115 cm³/mol. The van der Waals surface area contributed by atoms with E-state index in [9.17, 15) is 0 Å². The number of nitrogens with zero attached hydrogens (tertiary/aromatic N) is 6. The minimum atomic E-state index is -0.119. The van der Waals surface area contributed by atoms with Gasteiger partial charge in [0.25, 0.3) is 0 Å². The average molecular weight is 431 g/mol. The van der Waals surface area contributed by atoms with Gasteiger partial charge >= 0.3 is 0 Å². The molecule has 2 aromatic heterocycles. The molecule has 1 aromatic carbocycles. The summed E-state index contributed by atoms with van der Waals surface area (Å²) in [5, 5.41) is 20.7. The Kier molecular flexibility index (Phi) is 4.08. The van der Waals surface area contributed by atoms with Crippen LogP contribution in [0.4, 0.5) is 0 Å². The van der Waals surface area contributed by atoms with Gasteiger partial charge in [-0.2, -0.15) is 5.10 Å². The second kappa shape index (κ2) is 6.30. The van der Waals surface area contributed by atoms with E-state index < -0.39 is 0 Å². The zero-order valence-electron chi connectivity index (χ0n) is 15.9. The number of para-hydroxylation sites is 1. The van der Waals surface area contributed by atoms with Gasteiger partial charge in [-0.05, 0) is 30.8 Å². The molecule has 3 aromatic rings. The topological polar surface area (TPSA) is 51.8 Å². The van der Waals surface area contributed by atoms with E-state index in [0.717, 1.165) is 33.0 Å². The molecule has 5 rings (SSSR count). The Bertz CT molecular complexity index is 1100. The van der Waals surface area contributed by atoms with E-state index in [1.807, 2.05) is 41.9 Å². The highest BCUT2D eigenvalue weighted by Crippen LogP contribution is 2.53. The largest absolute Gasteiger partial charge is 0.252 e. The second-order valence-corrected chi connectivity index (χ2v) is 10.1. The Morgan fingerprint density at radius 1 is 1.11 bits per heavy atom. The number of halogens is 1. The lowest BCUT2D eigenvalue weighted by atomic mass is 9.96. The first-order valence-electron chi connectivity index (χ1n) is 8.95. The fourth-order valence-electron chi connectivity index (χ4n) is 3.43. The summed E-state index contributed by atoms with van der Waals surface area (Å²) >= 11 is 10.2. The molecule has 0 fully saturated rings. The highest BCUT2D eigenvalue weighted by atomic mass is 35.5. The predicted octanol–water partition coefficient (Wildman–Crippen LogP) is 5.01. The quantitative estimate of drug-likeness (QED) is 0.569. The first kappa shape index (κ1) is 18.1. The molecule has 0 bridgehead atoms. The normalized spacial score (nSPS) is 18.4. The molecule has 0 N–H and O–H groups in total. The van der Waals surface area contributed by atoms with Crippen molar-refractivity contribution < 1.29 is 0 Å². The lowest BCUT2D eigenvalue weighted by Gasteiger charge is -2.28. The van der Waals surface area contributed by atoms with Gasteiger partial charge in [0.05, 0.1) is 11.4 Å². The van der Waals surface area contributed by atoms with Gasteiger partial charge in [0.2, 0.25) is 5.16 Å². The van der Waals surface area contributed by atoms with Crippen LogP contribution in [0.5, 0.6) is 0 Å². The average Bonchev–Trinajstić information content (AvgIpc) is 3.36. The first-order valence-corrected chi connectivity index (χ1v) is 11.1. The molecule has 6 nitrogen and oxygen atoms in total. The second-order valence-electron chi connectivity index (χ2n) is 7.80. The van der Waals surface area contributed by atoms with Crippen molar-refractivity contribution in [2.75, 3.05) is 5.01 Å². The summed E-state index contributed by atoms with van der Waals surface area (Å²) in [4.78, 5) is 0. The number of hydrogen-bond donors (Lipinski definition) is 0. The SMILES string of the molecule is Cc1nn(-c2ccccc2)c(Cl)c1C1SC=C2Sc3nnc(C(C)(C)C)n3N21. The van der Waals surface area contributed by atoms with Crippen molar-refractivity contribution in [2.24, 2.45) is 0 Å². The van der Waals surface area contributed by atoms with E-state index in [0.29, 0.717) is 5.15 Å². The summed E-state index contributed by atoms with van der Waals surface area (Å²) in [6.45, 7) is 8.47. The Balaban J connectivity index is 1.61. The van der Waals surface area contributed by atoms with E-state index >= 15 is 0 Å². The van der Waals surface area contributed by atoms with Crippen LogP contribution in [0.3, 0.4) is 0 Å². The number of fused-ring (bicyclic) bond motifs is 3. The minimum Gasteiger partial charge on any atom is -0.252 e. The van der Waals surface area contributed by atoms with Crippen molar-refractivity contribution in [2.45, 2.75) is 43.6 Å². The van der Waals surface area contributed by atoms with Crippen LogP contribution in [0.15, 0.2) is 45.9 Å². The number of benzene rings is 1. The van der Waals surface area contributed by atoms with Gasteiger partial charge in [-0.1, -0.05) is 62.3 Å². The zero-order valence-corrected chi connectivity index (χ0v) is 18.3. The molecule has 144 valence electrons. The lowest BCUT2D eigenvalue weighted by molar-refractivity contribution is 0.485. The van der Waals surface area contributed by atoms with Crippen molar-refractivity contribution in [1.82, 2.24) is 24.7 Å². The molecule has 0 saturated heterocycles. The standard InChI is InChI=1S/C19H19ClN6S2/c1-11-14(15(20)24(23-11)12-8-6-5-7-9-12)16-25-13(10-27-16)28-18-22-21-17(26(18)25)19(2,3)4/h5-10,16H,1-4H3. The van der Waals surface area contributed by atoms with E-state index in [1.54, 1.807) is 23.5 Å². The van der Waals surface area contributed by atoms with Crippen molar-refractivity contribution in [3.63, 3.8) is 0 Å². The third-order valence-electron chi connectivity index (χ3n) is 4.74. The maximum absolute atomic E-state index is 6.86. The fraction of sp³-hybridized carbons (Fsp3) is 0.316. The molecule has 0 radical (unpaired) electrons. The molecule has 4 heterocycles. The highest BCUT2D eigenvalue weighted by molar-refractivity contribution is 8.07. The van der Waals surface area contributed by atoms with Crippen molar-refractivity contribution in [1.29, 1.82) is 0 Å². The van der Waals surface area contributed by atoms with Crippen LogP contribution < -0.4 is 5.01 Å². The molecule has 0 amide bonds. The number of hydrogen-bond acceptors (Lipinski definition) is 6. The van der Waals surface area contributed by atoms with E-state index in [2.05, 4.69) is 46.1 Å². The third-order valence-corrected chi connectivity index (χ3v) is 7.25. The maximum Gasteiger partial charge on any atom is 0.216 e. The Labute approximate surface area is 176 Å². The molecule has 0 aliphatic carbocycles. The molecule has 2 aliphatic heterocycles. The zero-order chi connectivity index (χ0) is 19.6. The molecule has 9 heteroatoms. The summed E-state index contributed by atoms with van der Waals surface area (Å²) in [6, 6.07) is 9.98. The maximum atomic E-state index is 6.86. The smallest absolute Gasteiger partial charge is 0.216 e. The van der Waals surface area contributed by atoms with Crippen molar-refractivity contribution >= 4 is 35.1 Å². The third kappa shape index (κ3) is 2.62. The van der Waals surface area contributed by atoms with Crippen LogP contribution in [0.2, 0.25) is 5.15 Å². The first-order chi connectivity index (χ1) is 13.4. The summed E-state index contributed by atoms with van der Waals surface area (Å²) in [7, 11) is 0. The van der Waals surface area contributed by atoms with Gasteiger partial charge in [-0.15, -0.1) is 10.2 Å². The molecule has 1 unspecified atom stereocenters. The molecular formula is C19H19ClN6S2. The van der Waals surface area contributed by atoms with E-state index in [4.69, 9.17) is 16.7 Å². The van der Waals surface area contributed by atoms with Gasteiger partial charge < -0.3 is 0 Å². The van der Waals surface area contributed by atoms with Crippen LogP contribution in [0.1, 0.15) is 43.2 Å². The Morgan fingerprint density at radius 2 is 1.86 bits per heavy atom. The van der Waals surface area contributed by atoms with Crippen LogP contribution in [-0.4, -0.2) is 24.7 Å². The Morgan fingerprint density at radius 3 is 2.57 bits per heavy atom. The Hall–Kier alpha value is -1.90. The fourth-order valence-corrected chi connectivity index (χ4v) is 6.20. The van der Waals surface area contributed by atoms with Gasteiger partial charge in [0.15, 0.2) is 5.82 Å². The molecule has 0 spiro atoms. The van der Waals surface area contributed by atoms with Gasteiger partial charge in [-0.3, -0.25) is 5.01 Å². The van der Waals surface area contributed by atoms with E-state index in [-0.39, 0.29) is 10.8 Å². The summed E-state index contributed by atoms with van der Waals surface area (Å²) in [5.74, 6) is 0.940. The summed E-state index contributed by atoms with van der Waals surface area (Å²) in [5.41, 5.74) is 2.77. The lowest BCUT2D eigenvalue weighted by Crippen LogP contribution is -2.34. The van der Waals surface area contributed by atoms with Crippen LogP contribution in [-0.2, 0) is 5.41 Å². The van der Waals surface area contributed by atoms with Crippen molar-refractivity contribution in [3.8, 4) is 5.69 Å². The molecular weight excluding hydrogens is 412 g/mol. The van der Waals surface area contributed by atoms with Gasteiger partial charge in [0.1, 0.15) is 15.6 Å². The van der Waals surface area contributed by atoms with Crippen LogP contribution in [0, 0.1) is 6.92 Å². The number of rotatable bonds is 2. The molecule has 2 aliphatic rings. The molecule has 1 atom stereocenters.